The van der Waals surface area contributed by atoms with Gasteiger partial charge in [-0.15, -0.1) is 0 Å². The Hall–Kier alpha value is -2.13. The quantitative estimate of drug-likeness (QED) is 0.809. The second kappa shape index (κ2) is 7.40. The number of esters is 1. The van der Waals surface area contributed by atoms with Gasteiger partial charge in [-0.3, -0.25) is 4.79 Å². The van der Waals surface area contributed by atoms with Gasteiger partial charge in [-0.1, -0.05) is 28.1 Å². The number of methoxy groups -OCH3 is 1. The molecule has 3 heterocycles. The zero-order valence-electron chi connectivity index (χ0n) is 13.7. The van der Waals surface area contributed by atoms with Gasteiger partial charge in [0.15, 0.2) is 21.0 Å². The molecule has 8 nitrogen and oxygen atoms in total. The highest BCUT2D eigenvalue weighted by molar-refractivity contribution is 7.18. The van der Waals surface area contributed by atoms with E-state index < -0.39 is 5.97 Å². The first-order chi connectivity index (χ1) is 12.0. The van der Waals surface area contributed by atoms with Gasteiger partial charge in [0, 0.05) is 25.1 Å². The summed E-state index contributed by atoms with van der Waals surface area (Å²) in [5, 5.41) is 7.34. The topological polar surface area (TPSA) is 97.6 Å². The molecular weight excluding hydrogens is 368 g/mol. The molecule has 1 N–H and O–H groups in total. The van der Waals surface area contributed by atoms with Crippen molar-refractivity contribution in [3.8, 4) is 0 Å². The van der Waals surface area contributed by atoms with E-state index in [1.165, 1.54) is 18.4 Å². The maximum atomic E-state index is 12.3. The summed E-state index contributed by atoms with van der Waals surface area (Å²) in [4.78, 5) is 30.5. The summed E-state index contributed by atoms with van der Waals surface area (Å²) in [5.74, 6) is 0.404. The zero-order chi connectivity index (χ0) is 18.0. The van der Waals surface area contributed by atoms with Crippen molar-refractivity contribution in [2.45, 2.75) is 19.8 Å². The van der Waals surface area contributed by atoms with E-state index in [9.17, 15) is 9.59 Å². The minimum atomic E-state index is -0.495. The van der Waals surface area contributed by atoms with Gasteiger partial charge in [0.25, 0.3) is 0 Å². The first-order valence-corrected chi connectivity index (χ1v) is 8.91. The first-order valence-electron chi connectivity index (χ1n) is 7.71. The summed E-state index contributed by atoms with van der Waals surface area (Å²) in [6.45, 7) is 3.07. The molecule has 1 aliphatic rings. The van der Waals surface area contributed by atoms with Crippen molar-refractivity contribution < 1.29 is 18.8 Å². The molecule has 0 radical (unpaired) electrons. The number of nitrogens with one attached hydrogen (secondary N) is 1. The molecular formula is C15H17ClN4O4S. The maximum absolute atomic E-state index is 12.3. The highest BCUT2D eigenvalue weighted by atomic mass is 35.5. The van der Waals surface area contributed by atoms with E-state index in [1.807, 2.05) is 4.90 Å². The number of anilines is 2. The van der Waals surface area contributed by atoms with E-state index >= 15 is 0 Å². The standard InChI is InChI=1S/C15H17ClN4O4S/c1-8-7-10(19-24-8)17-13(21)9-3-5-20(6-4-9)15-18-12(16)11(25-15)14(22)23-2/h7,9H,3-6H2,1-2H3,(H,17,19,21). The van der Waals surface area contributed by atoms with Crippen molar-refractivity contribution in [3.63, 3.8) is 0 Å². The van der Waals surface area contributed by atoms with Crippen molar-refractivity contribution >= 4 is 45.8 Å². The van der Waals surface area contributed by atoms with Crippen molar-refractivity contribution in [1.82, 2.24) is 10.1 Å². The van der Waals surface area contributed by atoms with Crippen molar-refractivity contribution in [2.75, 3.05) is 30.4 Å². The highest BCUT2D eigenvalue weighted by Crippen LogP contribution is 2.32. The van der Waals surface area contributed by atoms with E-state index in [-0.39, 0.29) is 17.0 Å². The molecule has 3 rings (SSSR count). The molecule has 0 saturated carbocycles. The van der Waals surface area contributed by atoms with Crippen LogP contribution in [0, 0.1) is 12.8 Å². The number of ether oxygens (including phenoxy) is 1. The lowest BCUT2D eigenvalue weighted by Gasteiger charge is -2.30. The van der Waals surface area contributed by atoms with Crippen molar-refractivity contribution in [1.29, 1.82) is 0 Å². The van der Waals surface area contributed by atoms with Gasteiger partial charge < -0.3 is 19.5 Å². The smallest absolute Gasteiger partial charge is 0.351 e. The molecule has 0 atom stereocenters. The number of halogens is 1. The Kier molecular flexibility index (Phi) is 5.24. The lowest BCUT2D eigenvalue weighted by Crippen LogP contribution is -2.38. The molecule has 134 valence electrons. The van der Waals surface area contributed by atoms with E-state index in [0.29, 0.717) is 47.5 Å². The number of piperidine rings is 1. The van der Waals surface area contributed by atoms with Crippen LogP contribution >= 0.6 is 22.9 Å². The molecule has 1 aliphatic heterocycles. The summed E-state index contributed by atoms with van der Waals surface area (Å²) in [5.41, 5.74) is 0. The number of rotatable bonds is 4. The van der Waals surface area contributed by atoms with Crippen LogP contribution in [0.15, 0.2) is 10.6 Å². The van der Waals surface area contributed by atoms with Gasteiger partial charge >= 0.3 is 5.97 Å². The van der Waals surface area contributed by atoms with Crippen LogP contribution in [0.25, 0.3) is 0 Å². The SMILES string of the molecule is COC(=O)c1sc(N2CCC(C(=O)Nc3cc(C)on3)CC2)nc1Cl. The number of hydrogen-bond donors (Lipinski definition) is 1. The van der Waals surface area contributed by atoms with E-state index in [0.717, 1.165) is 0 Å². The predicted octanol–water partition coefficient (Wildman–Crippen LogP) is 2.73. The molecule has 0 aromatic carbocycles. The van der Waals surface area contributed by atoms with Crippen LogP contribution in [0.2, 0.25) is 5.15 Å². The van der Waals surface area contributed by atoms with E-state index in [4.69, 9.17) is 16.1 Å². The van der Waals surface area contributed by atoms with Crippen LogP contribution in [0.3, 0.4) is 0 Å². The maximum Gasteiger partial charge on any atom is 0.351 e. The van der Waals surface area contributed by atoms with Crippen LogP contribution in [0.5, 0.6) is 0 Å². The fourth-order valence-electron chi connectivity index (χ4n) is 2.63. The number of carbonyl (C=O) groups excluding carboxylic acids is 2. The van der Waals surface area contributed by atoms with Gasteiger partial charge in [0.2, 0.25) is 5.91 Å². The first kappa shape index (κ1) is 17.7. The number of nitrogens with zero attached hydrogens (tertiary/aromatic N) is 3. The number of aromatic nitrogens is 2. The Bertz CT molecular complexity index is 782. The number of thiazole rings is 1. The van der Waals surface area contributed by atoms with Crippen LogP contribution in [0.1, 0.15) is 28.3 Å². The average molecular weight is 385 g/mol. The van der Waals surface area contributed by atoms with Crippen LogP contribution in [-0.2, 0) is 9.53 Å². The van der Waals surface area contributed by atoms with E-state index in [2.05, 4.69) is 20.2 Å². The fraction of sp³-hybridized carbons (Fsp3) is 0.467. The van der Waals surface area contributed by atoms with Crippen LogP contribution in [0.4, 0.5) is 10.9 Å². The van der Waals surface area contributed by atoms with Gasteiger partial charge in [0.05, 0.1) is 7.11 Å². The van der Waals surface area contributed by atoms with Gasteiger partial charge in [0.1, 0.15) is 5.76 Å². The number of aryl methyl sites for hydroxylation is 1. The minimum absolute atomic E-state index is 0.0691. The Labute approximate surface area is 153 Å². The number of hydrogen-bond acceptors (Lipinski definition) is 8. The molecule has 1 amide bonds. The molecule has 1 fully saturated rings. The largest absolute Gasteiger partial charge is 0.465 e. The Balaban J connectivity index is 1.58. The Morgan fingerprint density at radius 3 is 2.76 bits per heavy atom. The fourth-order valence-corrected chi connectivity index (χ4v) is 3.88. The minimum Gasteiger partial charge on any atom is -0.465 e. The van der Waals surface area contributed by atoms with Gasteiger partial charge in [-0.2, -0.15) is 0 Å². The van der Waals surface area contributed by atoms with Crippen molar-refractivity contribution in [2.24, 2.45) is 5.92 Å². The highest BCUT2D eigenvalue weighted by Gasteiger charge is 2.28. The lowest BCUT2D eigenvalue weighted by molar-refractivity contribution is -0.120. The Morgan fingerprint density at radius 2 is 2.16 bits per heavy atom. The molecule has 2 aromatic heterocycles. The molecule has 0 aliphatic carbocycles. The summed E-state index contributed by atoms with van der Waals surface area (Å²) < 4.78 is 9.63. The third kappa shape index (κ3) is 3.93. The normalized spacial score (nSPS) is 15.2. The summed E-state index contributed by atoms with van der Waals surface area (Å²) >= 11 is 7.20. The Morgan fingerprint density at radius 1 is 1.44 bits per heavy atom. The zero-order valence-corrected chi connectivity index (χ0v) is 15.3. The second-order valence-corrected chi connectivity index (χ2v) is 7.02. The van der Waals surface area contributed by atoms with Crippen LogP contribution in [-0.4, -0.2) is 42.2 Å². The molecule has 0 spiro atoms. The van der Waals surface area contributed by atoms with Gasteiger partial charge in [-0.25, -0.2) is 9.78 Å². The lowest BCUT2D eigenvalue weighted by atomic mass is 9.96. The monoisotopic (exact) mass is 384 g/mol. The van der Waals surface area contributed by atoms with Crippen molar-refractivity contribution in [3.05, 3.63) is 21.9 Å². The summed E-state index contributed by atoms with van der Waals surface area (Å²) in [7, 11) is 1.30. The number of amides is 1. The summed E-state index contributed by atoms with van der Waals surface area (Å²) in [6.07, 6.45) is 1.35. The second-order valence-electron chi connectivity index (χ2n) is 5.68. The molecule has 0 unspecified atom stereocenters. The molecule has 1 saturated heterocycles. The van der Waals surface area contributed by atoms with Crippen LogP contribution < -0.4 is 10.2 Å². The molecule has 10 heteroatoms. The molecule has 25 heavy (non-hydrogen) atoms. The van der Waals surface area contributed by atoms with Gasteiger partial charge in [-0.05, 0) is 19.8 Å². The molecule has 2 aromatic rings. The third-order valence-electron chi connectivity index (χ3n) is 3.96. The summed E-state index contributed by atoms with van der Waals surface area (Å²) in [6, 6.07) is 1.68. The third-order valence-corrected chi connectivity index (χ3v) is 5.44. The average Bonchev–Trinajstić information content (AvgIpc) is 3.20. The number of carbonyl (C=O) groups is 2. The van der Waals surface area contributed by atoms with E-state index in [1.54, 1.807) is 13.0 Å². The predicted molar refractivity (Wildman–Crippen MR) is 93.3 cm³/mol. The molecule has 0 bridgehead atoms.